The largest absolute Gasteiger partial charge is 0.369 e. The third kappa shape index (κ3) is 4.71. The van der Waals surface area contributed by atoms with Gasteiger partial charge >= 0.3 is 0 Å². The monoisotopic (exact) mass is 360 g/mol. The topological polar surface area (TPSA) is 138 Å². The zero-order valence-electron chi connectivity index (χ0n) is 13.0. The van der Waals surface area contributed by atoms with Crippen molar-refractivity contribution in [2.24, 2.45) is 0 Å². The Morgan fingerprint density at radius 3 is 2.68 bits per heavy atom. The highest BCUT2D eigenvalue weighted by Crippen LogP contribution is 2.13. The van der Waals surface area contributed by atoms with E-state index in [0.717, 1.165) is 0 Å². The number of aromatic amines is 1. The van der Waals surface area contributed by atoms with E-state index in [0.29, 0.717) is 24.0 Å². The Bertz CT molecular complexity index is 900. The summed E-state index contributed by atoms with van der Waals surface area (Å²) in [6, 6.07) is 7.21. The van der Waals surface area contributed by atoms with Crippen molar-refractivity contribution >= 4 is 27.5 Å². The molecule has 3 heterocycles. The van der Waals surface area contributed by atoms with Crippen molar-refractivity contribution in [2.75, 3.05) is 23.7 Å². The molecule has 3 aromatic rings. The molecule has 0 bridgehead atoms. The van der Waals surface area contributed by atoms with Crippen LogP contribution in [0.2, 0.25) is 0 Å². The maximum absolute atomic E-state index is 11.9. The first-order valence-corrected chi connectivity index (χ1v) is 8.84. The molecule has 0 aliphatic carbocycles. The summed E-state index contributed by atoms with van der Waals surface area (Å²) in [5, 5.41) is 6.10. The van der Waals surface area contributed by atoms with E-state index in [-0.39, 0.29) is 11.6 Å². The lowest BCUT2D eigenvalue weighted by Gasteiger charge is -2.09. The zero-order valence-corrected chi connectivity index (χ0v) is 13.9. The molecular formula is C14H16N8O2S. The van der Waals surface area contributed by atoms with Crippen LogP contribution in [0.3, 0.4) is 0 Å². The number of anilines is 3. The Kier molecular flexibility index (Phi) is 5.16. The number of imidazole rings is 1. The van der Waals surface area contributed by atoms with Crippen molar-refractivity contribution in [1.29, 1.82) is 0 Å². The fourth-order valence-electron chi connectivity index (χ4n) is 1.93. The van der Waals surface area contributed by atoms with E-state index in [9.17, 15) is 8.42 Å². The maximum Gasteiger partial charge on any atom is 0.257 e. The van der Waals surface area contributed by atoms with Crippen LogP contribution in [0.15, 0.2) is 54.3 Å². The average Bonchev–Trinajstić information content (AvgIpc) is 3.16. The fraction of sp³-hybridized carbons (Fsp3) is 0.143. The second-order valence-corrected chi connectivity index (χ2v) is 6.60. The lowest BCUT2D eigenvalue weighted by atomic mass is 10.4. The zero-order chi connectivity index (χ0) is 17.5. The van der Waals surface area contributed by atoms with Gasteiger partial charge in [0.15, 0.2) is 5.03 Å². The van der Waals surface area contributed by atoms with Gasteiger partial charge in [-0.3, -0.25) is 0 Å². The van der Waals surface area contributed by atoms with Crippen LogP contribution in [-0.2, 0) is 10.0 Å². The Morgan fingerprint density at radius 2 is 1.92 bits per heavy atom. The highest BCUT2D eigenvalue weighted by Gasteiger charge is 2.14. The minimum Gasteiger partial charge on any atom is -0.369 e. The molecule has 0 aliphatic rings. The van der Waals surface area contributed by atoms with Gasteiger partial charge in [-0.15, -0.1) is 0 Å². The molecular weight excluding hydrogens is 344 g/mol. The molecule has 130 valence electrons. The first-order valence-electron chi connectivity index (χ1n) is 7.35. The first-order chi connectivity index (χ1) is 12.1. The van der Waals surface area contributed by atoms with Crippen LogP contribution in [0.5, 0.6) is 0 Å². The predicted octanol–water partition coefficient (Wildman–Crippen LogP) is 0.729. The Balaban J connectivity index is 1.51. The summed E-state index contributed by atoms with van der Waals surface area (Å²) in [4.78, 5) is 18.6. The van der Waals surface area contributed by atoms with Gasteiger partial charge in [0, 0.05) is 25.4 Å². The lowest BCUT2D eigenvalue weighted by Crippen LogP contribution is -2.29. The summed E-state index contributed by atoms with van der Waals surface area (Å²) in [7, 11) is -3.58. The van der Waals surface area contributed by atoms with Gasteiger partial charge in [0.25, 0.3) is 10.0 Å². The van der Waals surface area contributed by atoms with Gasteiger partial charge in [0.1, 0.15) is 23.8 Å². The van der Waals surface area contributed by atoms with Crippen LogP contribution in [0.1, 0.15) is 0 Å². The van der Waals surface area contributed by atoms with E-state index < -0.39 is 10.0 Å². The normalized spacial score (nSPS) is 11.2. The van der Waals surface area contributed by atoms with Crippen LogP contribution in [0.4, 0.5) is 17.5 Å². The van der Waals surface area contributed by atoms with Crippen molar-refractivity contribution in [1.82, 2.24) is 29.6 Å². The molecule has 3 aromatic heterocycles. The molecule has 10 nitrogen and oxygen atoms in total. The first kappa shape index (κ1) is 16.8. The molecule has 0 atom stereocenters. The highest BCUT2D eigenvalue weighted by atomic mass is 32.2. The molecule has 4 N–H and O–H groups in total. The van der Waals surface area contributed by atoms with Gasteiger partial charge in [-0.05, 0) is 12.1 Å². The highest BCUT2D eigenvalue weighted by molar-refractivity contribution is 7.89. The Morgan fingerprint density at radius 1 is 1.04 bits per heavy atom. The molecule has 0 amide bonds. The number of hydrogen-bond donors (Lipinski definition) is 4. The van der Waals surface area contributed by atoms with Crippen LogP contribution < -0.4 is 15.4 Å². The van der Waals surface area contributed by atoms with Gasteiger partial charge in [0.05, 0.1) is 12.5 Å². The predicted molar refractivity (Wildman–Crippen MR) is 91.8 cm³/mol. The van der Waals surface area contributed by atoms with Crippen LogP contribution in [0.25, 0.3) is 0 Å². The van der Waals surface area contributed by atoms with Crippen molar-refractivity contribution < 1.29 is 8.42 Å². The Hall–Kier alpha value is -3.05. The molecule has 0 aromatic carbocycles. The second kappa shape index (κ2) is 7.68. The van der Waals surface area contributed by atoms with E-state index >= 15 is 0 Å². The smallest absolute Gasteiger partial charge is 0.257 e. The standard InChI is InChI=1S/C14H16N8O2S/c23-25(24,14-8-15-9-20-14)21-6-5-17-12-7-13(19-10-18-12)22-11-3-1-2-4-16-11/h1-4,7-10,21H,5-6H2,(H,15,20)(H2,16,17,18,19,22). The Labute approximate surface area is 144 Å². The number of hydrogen-bond acceptors (Lipinski definition) is 8. The quantitative estimate of drug-likeness (QED) is 0.431. The van der Waals surface area contributed by atoms with Crippen LogP contribution >= 0.6 is 0 Å². The fourth-order valence-corrected chi connectivity index (χ4v) is 2.87. The maximum atomic E-state index is 11.9. The third-order valence-corrected chi connectivity index (χ3v) is 4.46. The van der Waals surface area contributed by atoms with Crippen molar-refractivity contribution in [3.8, 4) is 0 Å². The van der Waals surface area contributed by atoms with Gasteiger partial charge in [-0.2, -0.15) is 0 Å². The summed E-state index contributed by atoms with van der Waals surface area (Å²) in [5.41, 5.74) is 0. The molecule has 3 rings (SSSR count). The summed E-state index contributed by atoms with van der Waals surface area (Å²) < 4.78 is 26.3. The minimum absolute atomic E-state index is 0.0244. The van der Waals surface area contributed by atoms with Crippen molar-refractivity contribution in [2.45, 2.75) is 5.03 Å². The summed E-state index contributed by atoms with van der Waals surface area (Å²) >= 11 is 0. The number of rotatable bonds is 8. The number of H-pyrrole nitrogens is 1. The van der Waals surface area contributed by atoms with Gasteiger partial charge < -0.3 is 15.6 Å². The molecule has 25 heavy (non-hydrogen) atoms. The van der Waals surface area contributed by atoms with Crippen LogP contribution in [0, 0.1) is 0 Å². The molecule has 0 fully saturated rings. The number of aromatic nitrogens is 5. The molecule has 0 unspecified atom stereocenters. The van der Waals surface area contributed by atoms with Crippen molar-refractivity contribution in [3.05, 3.63) is 49.3 Å². The number of sulfonamides is 1. The SMILES string of the molecule is O=S(=O)(NCCNc1cc(Nc2ccccn2)ncn1)c1cnc[nH]1. The molecule has 0 spiro atoms. The van der Waals surface area contributed by atoms with Gasteiger partial charge in [-0.1, -0.05) is 6.07 Å². The molecule has 0 aliphatic heterocycles. The minimum atomic E-state index is -3.58. The average molecular weight is 360 g/mol. The molecule has 0 saturated carbocycles. The van der Waals surface area contributed by atoms with E-state index in [1.807, 2.05) is 18.2 Å². The molecule has 11 heteroatoms. The van der Waals surface area contributed by atoms with Crippen LogP contribution in [-0.4, -0.2) is 46.4 Å². The second-order valence-electron chi connectivity index (χ2n) is 4.87. The van der Waals surface area contributed by atoms with E-state index in [4.69, 9.17) is 0 Å². The summed E-state index contributed by atoms with van der Waals surface area (Å²) in [6.45, 7) is 0.543. The van der Waals surface area contributed by atoms with E-state index in [2.05, 4.69) is 40.3 Å². The number of nitrogens with zero attached hydrogens (tertiary/aromatic N) is 4. The number of pyridine rings is 1. The third-order valence-electron chi connectivity index (χ3n) is 3.07. The van der Waals surface area contributed by atoms with Gasteiger partial charge in [0.2, 0.25) is 0 Å². The summed E-state index contributed by atoms with van der Waals surface area (Å²) in [6.07, 6.45) is 5.64. The number of nitrogens with one attached hydrogen (secondary N) is 4. The molecule has 0 saturated heterocycles. The molecule has 0 radical (unpaired) electrons. The lowest BCUT2D eigenvalue weighted by molar-refractivity contribution is 0.579. The van der Waals surface area contributed by atoms with E-state index in [1.54, 1.807) is 12.3 Å². The van der Waals surface area contributed by atoms with E-state index in [1.165, 1.54) is 18.9 Å². The summed E-state index contributed by atoms with van der Waals surface area (Å²) in [5.74, 6) is 1.81. The van der Waals surface area contributed by atoms with Gasteiger partial charge in [-0.25, -0.2) is 33.1 Å². The van der Waals surface area contributed by atoms with Crippen molar-refractivity contribution in [3.63, 3.8) is 0 Å².